The number of carbonyl (C=O) groups is 2. The number of aryl methyl sites for hydroxylation is 1. The highest BCUT2D eigenvalue weighted by atomic mass is 35.5. The molecule has 0 heterocycles. The first-order valence-corrected chi connectivity index (χ1v) is 5.24. The number of methoxy groups -OCH3 is 1. The molecule has 90 valence electrons. The van der Waals surface area contributed by atoms with Crippen LogP contribution in [0, 0.1) is 6.92 Å². The molecule has 0 aliphatic rings. The van der Waals surface area contributed by atoms with Gasteiger partial charge in [-0.3, -0.25) is 4.79 Å². The Kier molecular flexibility index (Phi) is 4.72. The maximum atomic E-state index is 11.6. The van der Waals surface area contributed by atoms with Gasteiger partial charge >= 0.3 is 5.97 Å². The van der Waals surface area contributed by atoms with Crippen LogP contribution in [-0.4, -0.2) is 19.0 Å². The summed E-state index contributed by atoms with van der Waals surface area (Å²) in [6, 6.07) is 7.01. The molecule has 1 aromatic carbocycles. The summed E-state index contributed by atoms with van der Waals surface area (Å²) in [6.45, 7) is 1.93. The Labute approximate surface area is 104 Å². The molecule has 1 amide bonds. The third-order valence-corrected chi connectivity index (χ3v) is 2.29. The molecule has 5 heteroatoms. The van der Waals surface area contributed by atoms with Gasteiger partial charge in [0.05, 0.1) is 7.11 Å². The molecule has 17 heavy (non-hydrogen) atoms. The molecule has 0 spiro atoms. The molecular formula is C12H12ClNO3. The van der Waals surface area contributed by atoms with Crippen LogP contribution < -0.4 is 5.32 Å². The number of amides is 1. The number of ether oxygens (including phenoxy) is 1. The van der Waals surface area contributed by atoms with Crippen LogP contribution in [0.25, 0.3) is 0 Å². The van der Waals surface area contributed by atoms with Crippen molar-refractivity contribution in [3.8, 4) is 0 Å². The van der Waals surface area contributed by atoms with Gasteiger partial charge in [0.1, 0.15) is 5.03 Å². The number of benzene rings is 1. The summed E-state index contributed by atoms with van der Waals surface area (Å²) in [6.07, 6.45) is 1.11. The van der Waals surface area contributed by atoms with E-state index in [4.69, 9.17) is 11.6 Å². The smallest absolute Gasteiger partial charge is 0.350 e. The topological polar surface area (TPSA) is 55.4 Å². The van der Waals surface area contributed by atoms with Gasteiger partial charge in [0.2, 0.25) is 0 Å². The average molecular weight is 254 g/mol. The number of hydrogen-bond donors (Lipinski definition) is 1. The van der Waals surface area contributed by atoms with Crippen molar-refractivity contribution in [2.24, 2.45) is 0 Å². The number of nitrogens with one attached hydrogen (secondary N) is 1. The van der Waals surface area contributed by atoms with Gasteiger partial charge in [-0.2, -0.15) is 0 Å². The van der Waals surface area contributed by atoms with Crippen LogP contribution in [-0.2, 0) is 9.53 Å². The molecule has 0 aliphatic heterocycles. The van der Waals surface area contributed by atoms with Gasteiger partial charge in [-0.25, -0.2) is 4.79 Å². The maximum Gasteiger partial charge on any atom is 0.350 e. The van der Waals surface area contributed by atoms with Gasteiger partial charge in [-0.1, -0.05) is 29.3 Å². The molecular weight excluding hydrogens is 242 g/mol. The monoisotopic (exact) mass is 253 g/mol. The van der Waals surface area contributed by atoms with E-state index in [0.29, 0.717) is 5.56 Å². The van der Waals surface area contributed by atoms with Crippen LogP contribution in [0.2, 0.25) is 0 Å². The van der Waals surface area contributed by atoms with Gasteiger partial charge in [0, 0.05) is 11.8 Å². The molecule has 0 atom stereocenters. The van der Waals surface area contributed by atoms with E-state index in [9.17, 15) is 9.59 Å². The maximum absolute atomic E-state index is 11.6. The van der Waals surface area contributed by atoms with E-state index in [0.717, 1.165) is 11.8 Å². The number of rotatable bonds is 3. The summed E-state index contributed by atoms with van der Waals surface area (Å²) < 4.78 is 4.38. The lowest BCUT2D eigenvalue weighted by Gasteiger charge is -2.01. The lowest BCUT2D eigenvalue weighted by Crippen LogP contribution is -2.18. The molecule has 0 aliphatic carbocycles. The molecule has 0 saturated carbocycles. The normalized spacial score (nSPS) is 10.9. The van der Waals surface area contributed by atoms with E-state index in [1.165, 1.54) is 7.11 Å². The minimum Gasteiger partial charge on any atom is -0.465 e. The Morgan fingerprint density at radius 2 is 1.88 bits per heavy atom. The van der Waals surface area contributed by atoms with Crippen molar-refractivity contribution in [3.05, 3.63) is 46.6 Å². The lowest BCUT2D eigenvalue weighted by molar-refractivity contribution is -0.135. The zero-order valence-electron chi connectivity index (χ0n) is 9.49. The fourth-order valence-corrected chi connectivity index (χ4v) is 1.21. The number of hydrogen-bond acceptors (Lipinski definition) is 3. The third-order valence-electron chi connectivity index (χ3n) is 2.02. The van der Waals surface area contributed by atoms with Gasteiger partial charge in [-0.15, -0.1) is 0 Å². The Balaban J connectivity index is 2.67. The zero-order valence-corrected chi connectivity index (χ0v) is 10.2. The molecule has 0 aromatic heterocycles. The van der Waals surface area contributed by atoms with Crippen molar-refractivity contribution in [2.45, 2.75) is 6.92 Å². The van der Waals surface area contributed by atoms with E-state index in [2.05, 4.69) is 10.1 Å². The standard InChI is InChI=1S/C12H12ClNO3/c1-8-3-5-9(6-4-8)11(15)14-7-10(13)12(16)17-2/h3-7H,1-2H3,(H,14,15)/b10-7-. The van der Waals surface area contributed by atoms with Crippen molar-refractivity contribution in [1.82, 2.24) is 5.32 Å². The number of esters is 1. The summed E-state index contributed by atoms with van der Waals surface area (Å²) in [5.41, 5.74) is 1.55. The summed E-state index contributed by atoms with van der Waals surface area (Å²) in [4.78, 5) is 22.5. The molecule has 0 unspecified atom stereocenters. The Hall–Kier alpha value is -1.81. The highest BCUT2D eigenvalue weighted by Gasteiger charge is 2.07. The van der Waals surface area contributed by atoms with E-state index in [-0.39, 0.29) is 10.9 Å². The van der Waals surface area contributed by atoms with Crippen LogP contribution >= 0.6 is 11.6 Å². The highest BCUT2D eigenvalue weighted by Crippen LogP contribution is 2.04. The van der Waals surface area contributed by atoms with Gasteiger partial charge < -0.3 is 10.1 Å². The molecule has 1 N–H and O–H groups in total. The predicted molar refractivity (Wildman–Crippen MR) is 64.6 cm³/mol. The summed E-state index contributed by atoms with van der Waals surface area (Å²) in [7, 11) is 1.21. The average Bonchev–Trinajstić information content (AvgIpc) is 2.35. The second-order valence-electron chi connectivity index (χ2n) is 3.32. The van der Waals surface area contributed by atoms with E-state index in [1.807, 2.05) is 19.1 Å². The van der Waals surface area contributed by atoms with E-state index in [1.54, 1.807) is 12.1 Å². The van der Waals surface area contributed by atoms with Crippen LogP contribution in [0.4, 0.5) is 0 Å². The molecule has 0 saturated heterocycles. The molecule has 1 aromatic rings. The van der Waals surface area contributed by atoms with E-state index >= 15 is 0 Å². The molecule has 0 bridgehead atoms. The van der Waals surface area contributed by atoms with Crippen molar-refractivity contribution >= 4 is 23.5 Å². The highest BCUT2D eigenvalue weighted by molar-refractivity contribution is 6.41. The van der Waals surface area contributed by atoms with Crippen LogP contribution in [0.15, 0.2) is 35.5 Å². The summed E-state index contributed by atoms with van der Waals surface area (Å²) in [5.74, 6) is -1.04. The van der Waals surface area contributed by atoms with E-state index < -0.39 is 5.97 Å². The Morgan fingerprint density at radius 1 is 1.29 bits per heavy atom. The molecule has 0 radical (unpaired) electrons. The van der Waals surface area contributed by atoms with Crippen molar-refractivity contribution < 1.29 is 14.3 Å². The number of halogens is 1. The van der Waals surface area contributed by atoms with Crippen LogP contribution in [0.1, 0.15) is 15.9 Å². The molecule has 0 fully saturated rings. The first-order valence-electron chi connectivity index (χ1n) is 4.86. The summed E-state index contributed by atoms with van der Waals surface area (Å²) >= 11 is 5.56. The SMILES string of the molecule is COC(=O)/C(Cl)=C/NC(=O)c1ccc(C)cc1. The summed E-state index contributed by atoms with van der Waals surface area (Å²) in [5, 5.41) is 2.21. The first-order chi connectivity index (χ1) is 8.04. The quantitative estimate of drug-likeness (QED) is 0.662. The van der Waals surface area contributed by atoms with Gasteiger partial charge in [-0.05, 0) is 19.1 Å². The van der Waals surface area contributed by atoms with Gasteiger partial charge in [0.15, 0.2) is 0 Å². The Morgan fingerprint density at radius 3 is 2.41 bits per heavy atom. The predicted octanol–water partition coefficient (Wildman–Crippen LogP) is 1.98. The van der Waals surface area contributed by atoms with Crippen molar-refractivity contribution in [2.75, 3.05) is 7.11 Å². The second kappa shape index (κ2) is 6.06. The molecule has 1 rings (SSSR count). The fraction of sp³-hybridized carbons (Fsp3) is 0.167. The largest absolute Gasteiger partial charge is 0.465 e. The van der Waals surface area contributed by atoms with Gasteiger partial charge in [0.25, 0.3) is 5.91 Å². The minimum absolute atomic E-state index is 0.187. The first kappa shape index (κ1) is 13.3. The fourth-order valence-electron chi connectivity index (χ4n) is 1.07. The zero-order chi connectivity index (χ0) is 12.8. The number of carbonyl (C=O) groups excluding carboxylic acids is 2. The van der Waals surface area contributed by atoms with Crippen LogP contribution in [0.3, 0.4) is 0 Å². The lowest BCUT2D eigenvalue weighted by atomic mass is 10.1. The van der Waals surface area contributed by atoms with Crippen molar-refractivity contribution in [1.29, 1.82) is 0 Å². The van der Waals surface area contributed by atoms with Crippen LogP contribution in [0.5, 0.6) is 0 Å². The van der Waals surface area contributed by atoms with Crippen molar-refractivity contribution in [3.63, 3.8) is 0 Å². The third kappa shape index (κ3) is 3.92. The minimum atomic E-state index is -0.698. The molecule has 4 nitrogen and oxygen atoms in total. The second-order valence-corrected chi connectivity index (χ2v) is 3.73. The Bertz CT molecular complexity index is 451.